The Morgan fingerprint density at radius 2 is 1.88 bits per heavy atom. The number of non-ortho nitro benzene ring substituents is 1. The predicted octanol–water partition coefficient (Wildman–Crippen LogP) is 4.74. The van der Waals surface area contributed by atoms with Crippen LogP contribution in [0.3, 0.4) is 0 Å². The van der Waals surface area contributed by atoms with Gasteiger partial charge in [-0.3, -0.25) is 10.1 Å². The van der Waals surface area contributed by atoms with Gasteiger partial charge in [0.05, 0.1) is 11.0 Å². The largest absolute Gasteiger partial charge is 0.387 e. The minimum atomic E-state index is -0.694. The summed E-state index contributed by atoms with van der Waals surface area (Å²) in [7, 11) is 0. The van der Waals surface area contributed by atoms with Crippen molar-refractivity contribution in [2.45, 2.75) is 38.7 Å². The molecule has 2 N–H and O–H groups in total. The lowest BCUT2D eigenvalue weighted by Gasteiger charge is -2.19. The van der Waals surface area contributed by atoms with Crippen molar-refractivity contribution in [3.8, 4) is 0 Å². The molecule has 0 fully saturated rings. The minimum Gasteiger partial charge on any atom is -0.387 e. The number of benzene rings is 2. The van der Waals surface area contributed by atoms with E-state index in [1.54, 1.807) is 12.1 Å². The van der Waals surface area contributed by atoms with E-state index in [1.807, 2.05) is 0 Å². The Kier molecular flexibility index (Phi) is 7.75. The van der Waals surface area contributed by atoms with Crippen LogP contribution < -0.4 is 5.32 Å². The number of rotatable bonds is 9. The van der Waals surface area contributed by atoms with Crippen LogP contribution in [0.25, 0.3) is 0 Å². The van der Waals surface area contributed by atoms with Crippen molar-refractivity contribution in [1.82, 2.24) is 5.32 Å². The summed E-state index contributed by atoms with van der Waals surface area (Å²) >= 11 is 3.65. The molecule has 0 aliphatic heterocycles. The third kappa shape index (κ3) is 5.37. The van der Waals surface area contributed by atoms with Gasteiger partial charge in [0.25, 0.3) is 5.69 Å². The fourth-order valence-electron chi connectivity index (χ4n) is 3.03. The lowest BCUT2D eigenvalue weighted by molar-refractivity contribution is -0.384. The lowest BCUT2D eigenvalue weighted by Crippen LogP contribution is -2.26. The molecular formula is C20H25BrN2O3. The zero-order valence-electron chi connectivity index (χ0n) is 15.1. The van der Waals surface area contributed by atoms with Crippen LogP contribution in [0.2, 0.25) is 0 Å². The van der Waals surface area contributed by atoms with Gasteiger partial charge >= 0.3 is 0 Å². The molecule has 26 heavy (non-hydrogen) atoms. The van der Waals surface area contributed by atoms with Crippen molar-refractivity contribution in [2.24, 2.45) is 0 Å². The molecule has 0 saturated carbocycles. The number of nitrogens with zero attached hydrogens (tertiary/aromatic N) is 1. The molecule has 0 amide bonds. The van der Waals surface area contributed by atoms with E-state index in [2.05, 4.69) is 53.3 Å². The van der Waals surface area contributed by atoms with Crippen LogP contribution >= 0.6 is 15.9 Å². The van der Waals surface area contributed by atoms with Gasteiger partial charge in [0, 0.05) is 29.7 Å². The Hall–Kier alpha value is -1.76. The van der Waals surface area contributed by atoms with E-state index in [1.165, 1.54) is 23.3 Å². The molecule has 0 aromatic heterocycles. The van der Waals surface area contributed by atoms with Gasteiger partial charge in [0.2, 0.25) is 0 Å². The number of aliphatic hydroxyl groups excluding tert-OH is 1. The van der Waals surface area contributed by atoms with Gasteiger partial charge in [0.15, 0.2) is 0 Å². The first-order chi connectivity index (χ1) is 12.4. The molecule has 0 aliphatic carbocycles. The van der Waals surface area contributed by atoms with Crippen molar-refractivity contribution in [2.75, 3.05) is 13.1 Å². The van der Waals surface area contributed by atoms with E-state index >= 15 is 0 Å². The number of nitro groups is 1. The van der Waals surface area contributed by atoms with E-state index in [9.17, 15) is 15.2 Å². The molecule has 2 rings (SSSR count). The van der Waals surface area contributed by atoms with Gasteiger partial charge < -0.3 is 10.4 Å². The van der Waals surface area contributed by atoms with Crippen LogP contribution in [-0.4, -0.2) is 23.1 Å². The summed E-state index contributed by atoms with van der Waals surface area (Å²) in [6.45, 7) is 5.50. The van der Waals surface area contributed by atoms with Crippen LogP contribution in [0, 0.1) is 10.1 Å². The SMILES string of the molecule is CCCc1c(Br)cccc1C(C)CNCC(O)c1ccc([N+](=O)[O-])cc1. The maximum Gasteiger partial charge on any atom is 0.269 e. The smallest absolute Gasteiger partial charge is 0.269 e. The van der Waals surface area contributed by atoms with Gasteiger partial charge in [0.1, 0.15) is 0 Å². The minimum absolute atomic E-state index is 0.0284. The van der Waals surface area contributed by atoms with Gasteiger partial charge in [-0.15, -0.1) is 0 Å². The fraction of sp³-hybridized carbons (Fsp3) is 0.400. The van der Waals surface area contributed by atoms with Crippen LogP contribution in [0.4, 0.5) is 5.69 Å². The third-order valence-corrected chi connectivity index (χ3v) is 5.21. The molecule has 2 atom stereocenters. The number of hydrogen-bond acceptors (Lipinski definition) is 4. The molecule has 0 aliphatic rings. The zero-order valence-corrected chi connectivity index (χ0v) is 16.7. The molecule has 0 radical (unpaired) electrons. The average Bonchev–Trinajstić information content (AvgIpc) is 2.63. The number of aliphatic hydroxyl groups is 1. The van der Waals surface area contributed by atoms with Crippen LogP contribution in [0.15, 0.2) is 46.9 Å². The third-order valence-electron chi connectivity index (χ3n) is 4.46. The molecule has 2 aromatic carbocycles. The van der Waals surface area contributed by atoms with Crippen molar-refractivity contribution in [3.05, 3.63) is 73.7 Å². The van der Waals surface area contributed by atoms with Gasteiger partial charge in [-0.2, -0.15) is 0 Å². The molecule has 2 aromatic rings. The molecular weight excluding hydrogens is 396 g/mol. The van der Waals surface area contributed by atoms with Gasteiger partial charge in [-0.1, -0.05) is 48.3 Å². The second-order valence-corrected chi connectivity index (χ2v) is 7.34. The summed E-state index contributed by atoms with van der Waals surface area (Å²) in [6, 6.07) is 12.3. The van der Waals surface area contributed by atoms with Crippen molar-refractivity contribution in [3.63, 3.8) is 0 Å². The predicted molar refractivity (Wildman–Crippen MR) is 107 cm³/mol. The molecule has 2 unspecified atom stereocenters. The first-order valence-electron chi connectivity index (χ1n) is 8.84. The maximum absolute atomic E-state index is 10.7. The summed E-state index contributed by atoms with van der Waals surface area (Å²) < 4.78 is 1.15. The Morgan fingerprint density at radius 1 is 1.19 bits per heavy atom. The first kappa shape index (κ1) is 20.6. The molecule has 6 heteroatoms. The highest BCUT2D eigenvalue weighted by Gasteiger charge is 2.14. The Balaban J connectivity index is 1.92. The molecule has 0 saturated heterocycles. The highest BCUT2D eigenvalue weighted by Crippen LogP contribution is 2.27. The van der Waals surface area contributed by atoms with Crippen molar-refractivity contribution >= 4 is 21.6 Å². The standard InChI is InChI=1S/C20H25BrN2O3/c1-3-5-18-17(6-4-7-19(18)21)14(2)12-22-13-20(24)15-8-10-16(11-9-15)23(25)26/h4,6-11,14,20,22,24H,3,5,12-13H2,1-2H3. The Morgan fingerprint density at radius 3 is 2.50 bits per heavy atom. The monoisotopic (exact) mass is 420 g/mol. The van der Waals surface area contributed by atoms with Gasteiger partial charge in [-0.25, -0.2) is 0 Å². The normalized spacial score (nSPS) is 13.4. The number of halogens is 1. The molecule has 5 nitrogen and oxygen atoms in total. The first-order valence-corrected chi connectivity index (χ1v) is 9.63. The second kappa shape index (κ2) is 9.80. The summed E-state index contributed by atoms with van der Waals surface area (Å²) in [5, 5.41) is 24.3. The Labute approximate surface area is 162 Å². The molecule has 0 heterocycles. The summed E-state index contributed by atoms with van der Waals surface area (Å²) in [5.74, 6) is 0.318. The highest BCUT2D eigenvalue weighted by atomic mass is 79.9. The second-order valence-electron chi connectivity index (χ2n) is 6.48. The van der Waals surface area contributed by atoms with E-state index in [-0.39, 0.29) is 5.69 Å². The van der Waals surface area contributed by atoms with E-state index < -0.39 is 11.0 Å². The zero-order chi connectivity index (χ0) is 19.1. The summed E-state index contributed by atoms with van der Waals surface area (Å²) in [5.41, 5.74) is 3.37. The van der Waals surface area contributed by atoms with E-state index in [4.69, 9.17) is 0 Å². The fourth-order valence-corrected chi connectivity index (χ4v) is 3.61. The maximum atomic E-state index is 10.7. The number of nitro benzene ring substituents is 1. The van der Waals surface area contributed by atoms with Crippen LogP contribution in [0.1, 0.15) is 49.0 Å². The van der Waals surface area contributed by atoms with Gasteiger partial charge in [-0.05, 0) is 47.2 Å². The Bertz CT molecular complexity index is 734. The molecule has 140 valence electrons. The summed E-state index contributed by atoms with van der Waals surface area (Å²) in [4.78, 5) is 10.2. The van der Waals surface area contributed by atoms with E-state index in [0.29, 0.717) is 18.0 Å². The van der Waals surface area contributed by atoms with E-state index in [0.717, 1.165) is 23.9 Å². The highest BCUT2D eigenvalue weighted by molar-refractivity contribution is 9.10. The van der Waals surface area contributed by atoms with Crippen molar-refractivity contribution < 1.29 is 10.0 Å². The van der Waals surface area contributed by atoms with Crippen LogP contribution in [0.5, 0.6) is 0 Å². The lowest BCUT2D eigenvalue weighted by atomic mass is 9.93. The number of nitrogens with one attached hydrogen (secondary N) is 1. The quantitative estimate of drug-likeness (QED) is 0.453. The topological polar surface area (TPSA) is 75.4 Å². The number of hydrogen-bond donors (Lipinski definition) is 2. The van der Waals surface area contributed by atoms with Crippen molar-refractivity contribution in [1.29, 1.82) is 0 Å². The average molecular weight is 421 g/mol. The molecule has 0 bridgehead atoms. The van der Waals surface area contributed by atoms with Crippen LogP contribution in [-0.2, 0) is 6.42 Å². The molecule has 0 spiro atoms. The summed E-state index contributed by atoms with van der Waals surface area (Å²) in [6.07, 6.45) is 1.43.